The average molecular weight is 229 g/mol. The van der Waals surface area contributed by atoms with E-state index >= 15 is 0 Å². The van der Waals surface area contributed by atoms with Crippen molar-refractivity contribution in [2.75, 3.05) is 0 Å². The summed E-state index contributed by atoms with van der Waals surface area (Å²) in [4.78, 5) is 0. The Labute approximate surface area is 70.7 Å². The molecule has 3 nitrogen and oxygen atoms in total. The molecule has 0 fully saturated rings. The van der Waals surface area contributed by atoms with E-state index in [4.69, 9.17) is 7.26 Å². The van der Waals surface area contributed by atoms with Crippen LogP contribution < -0.4 is 0 Å². The predicted molar refractivity (Wildman–Crippen MR) is 10.5 cm³/mol. The zero-order chi connectivity index (χ0) is 4.00. The molecule has 0 aliphatic heterocycles. The molecule has 0 heterocycles. The quantitative estimate of drug-likeness (QED) is 0.497. The minimum absolute atomic E-state index is 0. The van der Waals surface area contributed by atoms with Crippen LogP contribution in [0.25, 0.3) is 0 Å². The van der Waals surface area contributed by atoms with E-state index < -0.39 is 0 Å². The molecule has 0 radical (unpaired) electrons. The topological polar surface area (TPSA) is 64.1 Å². The van der Waals surface area contributed by atoms with E-state index in [1.807, 2.05) is 0 Å². The maximum atomic E-state index is 8.26. The predicted octanol–water partition coefficient (Wildman–Crippen LogP) is -1.07. The fourth-order valence-electron chi connectivity index (χ4n) is 0. The normalized spacial score (nSPS) is 1.50. The Morgan fingerprint density at radius 3 is 1.17 bits per heavy atom. The molecule has 6 heavy (non-hydrogen) atoms. The monoisotopic (exact) mass is 231 g/mol. The van der Waals surface area contributed by atoms with Crippen LogP contribution in [0.5, 0.6) is 0 Å². The Balaban J connectivity index is -0.00000000500. The summed E-state index contributed by atoms with van der Waals surface area (Å²) in [6, 6.07) is 0. The van der Waals surface area contributed by atoms with Crippen molar-refractivity contribution < 1.29 is 48.2 Å². The molecule has 0 aromatic heterocycles. The van der Waals surface area contributed by atoms with Crippen molar-refractivity contribution >= 4 is 23.1 Å². The van der Waals surface area contributed by atoms with Gasteiger partial charge in [-0.15, -0.1) is 0 Å². The second kappa shape index (κ2) is 85.9. The van der Waals surface area contributed by atoms with Gasteiger partial charge < -0.3 is 5.48 Å². The maximum absolute atomic E-state index is 8.26. The average Bonchev–Trinajstić information content (AvgIpc) is 1.50. The molecule has 0 saturated carbocycles. The molecule has 0 atom stereocenters. The van der Waals surface area contributed by atoms with Gasteiger partial charge in [-0.2, -0.15) is 0 Å². The Hall–Kier alpha value is 1.52. The summed E-state index contributed by atoms with van der Waals surface area (Å²) in [6.07, 6.45) is 0. The molecular formula is H2CoMgMoO3. The first kappa shape index (κ1) is 25.8. The van der Waals surface area contributed by atoms with E-state index in [0.717, 1.165) is 0 Å². The van der Waals surface area contributed by atoms with Crippen LogP contribution >= 0.6 is 0 Å². The van der Waals surface area contributed by atoms with Crippen molar-refractivity contribution in [3.8, 4) is 0 Å². The molecule has 0 aromatic carbocycles. The molecule has 0 aliphatic rings. The van der Waals surface area contributed by atoms with Gasteiger partial charge in [0.1, 0.15) is 0 Å². The summed E-state index contributed by atoms with van der Waals surface area (Å²) in [6.45, 7) is 0. The summed E-state index contributed by atoms with van der Waals surface area (Å²) in [5.74, 6) is 0. The number of hydrogen-bond acceptors (Lipinski definition) is 3. The summed E-state index contributed by atoms with van der Waals surface area (Å²) in [7, 11) is 0. The van der Waals surface area contributed by atoms with Crippen LogP contribution in [0.2, 0.25) is 0 Å². The van der Waals surface area contributed by atoms with Gasteiger partial charge in [0.15, 0.2) is 0 Å². The number of hydrogen-bond donors (Lipinski definition) is 0. The molecule has 1 N–H and O–H groups in total. The van der Waals surface area contributed by atoms with Crippen LogP contribution in [0.4, 0.5) is 0 Å². The fourth-order valence-corrected chi connectivity index (χ4v) is 0. The van der Waals surface area contributed by atoms with Crippen molar-refractivity contribution in [3.05, 3.63) is 0 Å². The minimum atomic E-state index is 0. The molecule has 0 bridgehead atoms. The first-order valence-electron chi connectivity index (χ1n) is 0.303. The van der Waals surface area contributed by atoms with Crippen molar-refractivity contribution in [2.24, 2.45) is 0 Å². The summed E-state index contributed by atoms with van der Waals surface area (Å²) in [5.41, 5.74) is 0. The van der Waals surface area contributed by atoms with Crippen molar-refractivity contribution in [1.29, 1.82) is 0 Å². The third-order valence-electron chi connectivity index (χ3n) is 0. The van der Waals surface area contributed by atoms with Crippen LogP contribution in [0.1, 0.15) is 0 Å². The van der Waals surface area contributed by atoms with Crippen LogP contribution in [0, 0.1) is 0 Å². The third kappa shape index (κ3) is 48.8. The first-order valence-corrected chi connectivity index (χ1v) is 1.55. The van der Waals surface area contributed by atoms with Gasteiger partial charge in [0.25, 0.3) is 0 Å². The van der Waals surface area contributed by atoms with E-state index in [-0.39, 0.29) is 28.5 Å². The van der Waals surface area contributed by atoms with Gasteiger partial charge >= 0.3 is 65.8 Å². The second-order valence-corrected chi connectivity index (χ2v) is 0. The fraction of sp³-hybridized carbons (Fsp3) is 0. The molecular weight excluding hydrogens is 227 g/mol. The summed E-state index contributed by atoms with van der Waals surface area (Å²) in [5, 5.41) is 0. The van der Waals surface area contributed by atoms with E-state index in [1.165, 1.54) is 0 Å². The van der Waals surface area contributed by atoms with Crippen LogP contribution in [-0.2, 0) is 42.7 Å². The van der Waals surface area contributed by atoms with E-state index in [1.54, 1.807) is 0 Å². The van der Waals surface area contributed by atoms with Gasteiger partial charge in [0.05, 0.1) is 0 Å². The molecule has 0 spiro atoms. The Morgan fingerprint density at radius 1 is 1.17 bits per heavy atom. The Morgan fingerprint density at radius 2 is 1.17 bits per heavy atom. The third-order valence-corrected chi connectivity index (χ3v) is 0. The summed E-state index contributed by atoms with van der Waals surface area (Å²) >= 11 is 3.01. The van der Waals surface area contributed by atoms with Gasteiger partial charge in [-0.25, -0.2) is 0 Å². The van der Waals surface area contributed by atoms with Crippen molar-refractivity contribution in [2.45, 2.75) is 0 Å². The standard InChI is InChI=1S/Co.Mg.Mo.H2O.2O.H/h;;;1H2;;;/q;+1;;;;;/p-1. The Bertz CT molecular complexity index is 12.8. The van der Waals surface area contributed by atoms with Crippen LogP contribution in [0.15, 0.2) is 0 Å². The molecule has 0 amide bonds. The second-order valence-electron chi connectivity index (χ2n) is 0. The number of rotatable bonds is 0. The summed E-state index contributed by atoms with van der Waals surface area (Å²) < 4.78 is 16.2. The van der Waals surface area contributed by atoms with Gasteiger partial charge in [-0.3, -0.25) is 0 Å². The molecule has 37 valence electrons. The van der Waals surface area contributed by atoms with E-state index in [2.05, 4.69) is 15.7 Å². The van der Waals surface area contributed by atoms with E-state index in [9.17, 15) is 0 Å². The van der Waals surface area contributed by atoms with Gasteiger partial charge in [0, 0.05) is 0 Å². The molecule has 0 saturated heterocycles. The molecule has 0 unspecified atom stereocenters. The van der Waals surface area contributed by atoms with E-state index in [0.29, 0.717) is 19.8 Å². The van der Waals surface area contributed by atoms with Crippen molar-refractivity contribution in [3.63, 3.8) is 0 Å². The molecule has 6 heteroatoms. The molecule has 0 rings (SSSR count). The van der Waals surface area contributed by atoms with Gasteiger partial charge in [-0.1, -0.05) is 0 Å². The zero-order valence-electron chi connectivity index (χ0n) is 3.01. The van der Waals surface area contributed by atoms with Gasteiger partial charge in [0.2, 0.25) is 0 Å². The molecule has 0 aromatic rings. The SMILES string of the molecule is [MgH+].[OH-].[O]=[Co].[O]=[Mo]. The van der Waals surface area contributed by atoms with Crippen LogP contribution in [-0.4, -0.2) is 28.5 Å². The molecule has 0 aliphatic carbocycles. The zero-order valence-corrected chi connectivity index (χ0v) is 8.05. The van der Waals surface area contributed by atoms with Crippen LogP contribution in [0.3, 0.4) is 0 Å². The van der Waals surface area contributed by atoms with Crippen molar-refractivity contribution in [1.82, 2.24) is 0 Å². The first-order chi connectivity index (χ1) is 2.00. The Kier molecular flexibility index (Phi) is 369. The van der Waals surface area contributed by atoms with Gasteiger partial charge in [-0.05, 0) is 0 Å².